The van der Waals surface area contributed by atoms with E-state index in [2.05, 4.69) is 22.4 Å². The molecule has 9 heteroatoms. The molecular formula is C22H25ClN4O4. The van der Waals surface area contributed by atoms with Crippen molar-refractivity contribution in [3.05, 3.63) is 63.2 Å². The lowest BCUT2D eigenvalue weighted by molar-refractivity contribution is -0.384. The van der Waals surface area contributed by atoms with E-state index in [9.17, 15) is 14.9 Å². The third-order valence-electron chi connectivity index (χ3n) is 5.21. The summed E-state index contributed by atoms with van der Waals surface area (Å²) in [6.07, 6.45) is 5.77. The standard InChI is InChI=1S/C22H25ClN4O4/c1-2-18-5-3-4-12-26(18)21-11-8-19(27(29)30)13-16(21)14-24-25-22(28)15-31-20-9-6-17(23)7-10-20/h6-11,13-14,18H,2-5,12,15H2,1H3,(H,25,28)/b24-14+. The summed E-state index contributed by atoms with van der Waals surface area (Å²) < 4.78 is 5.38. The van der Waals surface area contributed by atoms with Crippen molar-refractivity contribution in [2.45, 2.75) is 38.6 Å². The number of non-ortho nitro benzene ring substituents is 1. The number of nitro benzene ring substituents is 1. The van der Waals surface area contributed by atoms with Crippen LogP contribution in [-0.4, -0.2) is 36.2 Å². The van der Waals surface area contributed by atoms with Crippen molar-refractivity contribution in [3.8, 4) is 5.75 Å². The summed E-state index contributed by atoms with van der Waals surface area (Å²) in [5, 5.41) is 15.8. The van der Waals surface area contributed by atoms with Gasteiger partial charge in [0, 0.05) is 41.0 Å². The summed E-state index contributed by atoms with van der Waals surface area (Å²) in [4.78, 5) is 25.1. The first-order valence-electron chi connectivity index (χ1n) is 10.2. The maximum atomic E-state index is 12.0. The van der Waals surface area contributed by atoms with Crippen LogP contribution in [0.1, 0.15) is 38.2 Å². The number of hydrogen-bond donors (Lipinski definition) is 1. The number of nitrogens with one attached hydrogen (secondary N) is 1. The van der Waals surface area contributed by atoms with Crippen molar-refractivity contribution in [3.63, 3.8) is 0 Å². The van der Waals surface area contributed by atoms with Crippen LogP contribution in [0.25, 0.3) is 0 Å². The molecular weight excluding hydrogens is 420 g/mol. The summed E-state index contributed by atoms with van der Waals surface area (Å²) >= 11 is 5.82. The fraction of sp³-hybridized carbons (Fsp3) is 0.364. The van der Waals surface area contributed by atoms with E-state index in [0.29, 0.717) is 22.4 Å². The number of benzene rings is 2. The molecule has 1 unspecified atom stereocenters. The first kappa shape index (κ1) is 22.6. The highest BCUT2D eigenvalue weighted by atomic mass is 35.5. The summed E-state index contributed by atoms with van der Waals surface area (Å²) in [7, 11) is 0. The third kappa shape index (κ3) is 6.18. The number of rotatable bonds is 8. The van der Waals surface area contributed by atoms with Crippen LogP contribution in [0.2, 0.25) is 5.02 Å². The Morgan fingerprint density at radius 1 is 1.32 bits per heavy atom. The van der Waals surface area contributed by atoms with E-state index in [4.69, 9.17) is 16.3 Å². The maximum absolute atomic E-state index is 12.0. The van der Waals surface area contributed by atoms with Gasteiger partial charge in [-0.05, 0) is 56.0 Å². The van der Waals surface area contributed by atoms with E-state index in [1.165, 1.54) is 24.8 Å². The lowest BCUT2D eigenvalue weighted by atomic mass is 9.98. The van der Waals surface area contributed by atoms with Crippen molar-refractivity contribution in [2.24, 2.45) is 5.10 Å². The zero-order valence-electron chi connectivity index (χ0n) is 17.3. The highest BCUT2D eigenvalue weighted by Crippen LogP contribution is 2.31. The zero-order valence-corrected chi connectivity index (χ0v) is 18.0. The third-order valence-corrected chi connectivity index (χ3v) is 5.46. The Hall–Kier alpha value is -3.13. The van der Waals surface area contributed by atoms with Crippen molar-refractivity contribution in [1.82, 2.24) is 5.43 Å². The minimum atomic E-state index is -0.442. The van der Waals surface area contributed by atoms with Gasteiger partial charge in [0.1, 0.15) is 5.75 Å². The van der Waals surface area contributed by atoms with Crippen LogP contribution >= 0.6 is 11.6 Å². The lowest BCUT2D eigenvalue weighted by Crippen LogP contribution is -2.39. The molecule has 164 valence electrons. The molecule has 0 aliphatic carbocycles. The van der Waals surface area contributed by atoms with Crippen LogP contribution in [0.15, 0.2) is 47.6 Å². The number of hydrogen-bond acceptors (Lipinski definition) is 6. The van der Waals surface area contributed by atoms with Gasteiger partial charge in [-0.2, -0.15) is 5.10 Å². The van der Waals surface area contributed by atoms with Crippen LogP contribution in [0.5, 0.6) is 5.75 Å². The molecule has 0 saturated carbocycles. The Bertz CT molecular complexity index is 949. The van der Waals surface area contributed by atoms with Crippen LogP contribution in [0.4, 0.5) is 11.4 Å². The molecule has 1 heterocycles. The number of ether oxygens (including phenoxy) is 1. The summed E-state index contributed by atoms with van der Waals surface area (Å²) in [5.41, 5.74) is 3.86. The van der Waals surface area contributed by atoms with Gasteiger partial charge in [0.25, 0.3) is 11.6 Å². The molecule has 0 aromatic heterocycles. The van der Waals surface area contributed by atoms with Gasteiger partial charge in [-0.3, -0.25) is 14.9 Å². The van der Waals surface area contributed by atoms with E-state index in [0.717, 1.165) is 31.5 Å². The van der Waals surface area contributed by atoms with E-state index >= 15 is 0 Å². The normalized spacial score (nSPS) is 16.3. The second kappa shape index (κ2) is 10.8. The Kier molecular flexibility index (Phi) is 7.83. The first-order chi connectivity index (χ1) is 15.0. The number of nitro groups is 1. The first-order valence-corrected chi connectivity index (χ1v) is 10.6. The highest BCUT2D eigenvalue weighted by Gasteiger charge is 2.24. The van der Waals surface area contributed by atoms with E-state index < -0.39 is 10.8 Å². The van der Waals surface area contributed by atoms with Crippen LogP contribution < -0.4 is 15.1 Å². The van der Waals surface area contributed by atoms with E-state index in [-0.39, 0.29) is 12.3 Å². The molecule has 0 spiro atoms. The predicted octanol–water partition coefficient (Wildman–Crippen LogP) is 4.55. The van der Waals surface area contributed by atoms with E-state index in [1.807, 2.05) is 0 Å². The van der Waals surface area contributed by atoms with Crippen LogP contribution in [-0.2, 0) is 4.79 Å². The quantitative estimate of drug-likeness (QED) is 0.366. The lowest BCUT2D eigenvalue weighted by Gasteiger charge is -2.38. The van der Waals surface area contributed by atoms with Crippen molar-refractivity contribution in [2.75, 3.05) is 18.1 Å². The number of nitrogens with zero attached hydrogens (tertiary/aromatic N) is 3. The van der Waals surface area contributed by atoms with Gasteiger partial charge in [-0.1, -0.05) is 18.5 Å². The molecule has 0 radical (unpaired) electrons. The molecule has 1 N–H and O–H groups in total. The molecule has 1 aliphatic rings. The molecule has 2 aromatic carbocycles. The molecule has 1 saturated heterocycles. The molecule has 1 fully saturated rings. The molecule has 2 aromatic rings. The molecule has 0 bridgehead atoms. The van der Waals surface area contributed by atoms with Gasteiger partial charge in [-0.15, -0.1) is 0 Å². The molecule has 1 amide bonds. The minimum Gasteiger partial charge on any atom is -0.484 e. The Morgan fingerprint density at radius 3 is 2.81 bits per heavy atom. The van der Waals surface area contributed by atoms with Gasteiger partial charge in [0.05, 0.1) is 11.1 Å². The number of carbonyl (C=O) groups is 1. The van der Waals surface area contributed by atoms with Gasteiger partial charge in [0.15, 0.2) is 6.61 Å². The van der Waals surface area contributed by atoms with Gasteiger partial charge in [0.2, 0.25) is 0 Å². The number of piperidine rings is 1. The highest BCUT2D eigenvalue weighted by molar-refractivity contribution is 6.30. The van der Waals surface area contributed by atoms with Crippen molar-refractivity contribution in [1.29, 1.82) is 0 Å². The topological polar surface area (TPSA) is 97.1 Å². The Balaban J connectivity index is 1.70. The SMILES string of the molecule is CCC1CCCCN1c1ccc([N+](=O)[O-])cc1/C=N/NC(=O)COc1ccc(Cl)cc1. The number of anilines is 1. The number of halogens is 1. The average Bonchev–Trinajstić information content (AvgIpc) is 2.78. The Morgan fingerprint density at radius 2 is 2.10 bits per heavy atom. The second-order valence-corrected chi connectivity index (χ2v) is 7.72. The molecule has 1 aliphatic heterocycles. The molecule has 1 atom stereocenters. The van der Waals surface area contributed by atoms with Gasteiger partial charge in [-0.25, -0.2) is 5.43 Å². The van der Waals surface area contributed by atoms with E-state index in [1.54, 1.807) is 30.3 Å². The predicted molar refractivity (Wildman–Crippen MR) is 121 cm³/mol. The summed E-state index contributed by atoms with van der Waals surface area (Å²) in [6.45, 7) is 2.81. The van der Waals surface area contributed by atoms with Crippen molar-refractivity contribution >= 4 is 35.1 Å². The van der Waals surface area contributed by atoms with Crippen molar-refractivity contribution < 1.29 is 14.5 Å². The fourth-order valence-corrected chi connectivity index (χ4v) is 3.77. The molecule has 8 nitrogen and oxygen atoms in total. The largest absolute Gasteiger partial charge is 0.484 e. The molecule has 31 heavy (non-hydrogen) atoms. The number of amides is 1. The van der Waals surface area contributed by atoms with Gasteiger partial charge >= 0.3 is 0 Å². The number of hydrazone groups is 1. The zero-order chi connectivity index (χ0) is 22.2. The van der Waals surface area contributed by atoms with Crippen LogP contribution in [0.3, 0.4) is 0 Å². The molecule has 3 rings (SSSR count). The monoisotopic (exact) mass is 444 g/mol. The fourth-order valence-electron chi connectivity index (χ4n) is 3.65. The van der Waals surface area contributed by atoms with Crippen LogP contribution in [0, 0.1) is 10.1 Å². The Labute approximate surface area is 186 Å². The van der Waals surface area contributed by atoms with Gasteiger partial charge < -0.3 is 9.64 Å². The minimum absolute atomic E-state index is 0.0207. The number of carbonyl (C=O) groups excluding carboxylic acids is 1. The summed E-state index contributed by atoms with van der Waals surface area (Å²) in [6, 6.07) is 11.8. The second-order valence-electron chi connectivity index (χ2n) is 7.29. The summed E-state index contributed by atoms with van der Waals surface area (Å²) in [5.74, 6) is 0.0720. The smallest absolute Gasteiger partial charge is 0.277 e. The maximum Gasteiger partial charge on any atom is 0.277 e. The average molecular weight is 445 g/mol.